The van der Waals surface area contributed by atoms with E-state index in [1.807, 2.05) is 0 Å². The fourth-order valence-corrected chi connectivity index (χ4v) is 4.70. The molecule has 25 heavy (non-hydrogen) atoms. The molecule has 1 aliphatic heterocycles. The fraction of sp³-hybridized carbons (Fsp3) is 0.333. The van der Waals surface area contributed by atoms with Crippen LogP contribution in [0.25, 0.3) is 11.0 Å². The summed E-state index contributed by atoms with van der Waals surface area (Å²) in [5.74, 6) is 0. The molecule has 7 heteroatoms. The third-order valence-electron chi connectivity index (χ3n) is 4.24. The molecule has 0 atom stereocenters. The first-order valence-electron chi connectivity index (χ1n) is 8.30. The van der Waals surface area contributed by atoms with Gasteiger partial charge < -0.3 is 5.11 Å². The Kier molecular flexibility index (Phi) is 4.98. The van der Waals surface area contributed by atoms with E-state index in [0.29, 0.717) is 0 Å². The van der Waals surface area contributed by atoms with E-state index in [1.165, 1.54) is 10.5 Å². The third-order valence-corrected chi connectivity index (χ3v) is 6.45. The van der Waals surface area contributed by atoms with Crippen LogP contribution >= 0.6 is 23.7 Å². The lowest BCUT2D eigenvalue weighted by molar-refractivity contribution is 0.116. The maximum Gasteiger partial charge on any atom is 0.151 e. The highest BCUT2D eigenvalue weighted by atomic mass is 32.2. The molecule has 3 aromatic rings. The maximum atomic E-state index is 9.65. The van der Waals surface area contributed by atoms with Gasteiger partial charge in [-0.25, -0.2) is 8.93 Å². The van der Waals surface area contributed by atoms with Crippen molar-refractivity contribution in [2.45, 2.75) is 40.6 Å². The number of rotatable bonds is 4. The molecule has 1 saturated heterocycles. The van der Waals surface area contributed by atoms with Crippen molar-refractivity contribution in [2.24, 2.45) is 0 Å². The van der Waals surface area contributed by atoms with Gasteiger partial charge in [0.1, 0.15) is 5.52 Å². The van der Waals surface area contributed by atoms with Crippen LogP contribution in [0.15, 0.2) is 55.7 Å². The zero-order valence-electron chi connectivity index (χ0n) is 13.9. The largest absolute Gasteiger partial charge is 0.393 e. The summed E-state index contributed by atoms with van der Waals surface area (Å²) in [7, 11) is 0. The molecule has 4 rings (SSSR count). The zero-order valence-corrected chi connectivity index (χ0v) is 15.5. The van der Waals surface area contributed by atoms with E-state index in [-0.39, 0.29) is 6.10 Å². The minimum Gasteiger partial charge on any atom is -0.393 e. The van der Waals surface area contributed by atoms with Gasteiger partial charge in [0.2, 0.25) is 0 Å². The first-order chi connectivity index (χ1) is 12.2. The molecule has 130 valence electrons. The van der Waals surface area contributed by atoms with Crippen molar-refractivity contribution in [3.8, 4) is 0 Å². The van der Waals surface area contributed by atoms with Crippen molar-refractivity contribution in [1.82, 2.24) is 14.6 Å². The van der Waals surface area contributed by atoms with Gasteiger partial charge in [0.25, 0.3) is 0 Å². The van der Waals surface area contributed by atoms with Gasteiger partial charge in [0.15, 0.2) is 5.52 Å². The second-order valence-electron chi connectivity index (χ2n) is 6.19. The van der Waals surface area contributed by atoms with Crippen LogP contribution in [-0.2, 0) is 0 Å². The molecular formula is C18H19N3O2S2. The highest BCUT2D eigenvalue weighted by Gasteiger charge is 2.20. The highest BCUT2D eigenvalue weighted by Crippen LogP contribution is 2.37. The number of nitrogens with zero attached hydrogens (tertiary/aromatic N) is 3. The van der Waals surface area contributed by atoms with Gasteiger partial charge in [-0.05, 0) is 66.3 Å². The SMILES string of the molecule is Cc1ccc(Sc2ccc(SN3CCC(O)CC3)c3nonc23)cc1. The molecule has 0 unspecified atom stereocenters. The maximum absolute atomic E-state index is 9.65. The summed E-state index contributed by atoms with van der Waals surface area (Å²) in [5.41, 5.74) is 2.84. The minimum atomic E-state index is -0.168. The number of benzene rings is 2. The molecule has 1 aliphatic rings. The molecule has 0 saturated carbocycles. The van der Waals surface area contributed by atoms with E-state index < -0.39 is 0 Å². The van der Waals surface area contributed by atoms with Crippen LogP contribution in [0.2, 0.25) is 0 Å². The van der Waals surface area contributed by atoms with Crippen molar-refractivity contribution in [3.05, 3.63) is 42.0 Å². The molecule has 1 fully saturated rings. The van der Waals surface area contributed by atoms with Crippen molar-refractivity contribution in [1.29, 1.82) is 0 Å². The van der Waals surface area contributed by atoms with Gasteiger partial charge in [-0.3, -0.25) is 0 Å². The van der Waals surface area contributed by atoms with Crippen LogP contribution in [-0.4, -0.2) is 38.9 Å². The number of fused-ring (bicyclic) bond motifs is 1. The predicted molar refractivity (Wildman–Crippen MR) is 99.8 cm³/mol. The molecule has 0 amide bonds. The van der Waals surface area contributed by atoms with Crippen LogP contribution in [0.1, 0.15) is 18.4 Å². The Bertz CT molecular complexity index is 858. The summed E-state index contributed by atoms with van der Waals surface area (Å²) in [4.78, 5) is 3.25. The second kappa shape index (κ2) is 7.37. The van der Waals surface area contributed by atoms with E-state index in [9.17, 15) is 5.11 Å². The molecule has 1 aromatic heterocycles. The highest BCUT2D eigenvalue weighted by molar-refractivity contribution is 7.99. The Morgan fingerprint density at radius 3 is 2.36 bits per heavy atom. The molecular weight excluding hydrogens is 354 g/mol. The standard InChI is InChI=1S/C18H19N3O2S2/c1-12-2-4-14(5-3-12)24-15-6-7-16(18-17(15)19-23-20-18)25-21-10-8-13(22)9-11-21/h2-7,13,22H,8-11H2,1H3. The summed E-state index contributed by atoms with van der Waals surface area (Å²) in [5, 5.41) is 17.9. The number of piperidine rings is 1. The van der Waals surface area contributed by atoms with Crippen molar-refractivity contribution >= 4 is 34.7 Å². The van der Waals surface area contributed by atoms with Crippen molar-refractivity contribution < 1.29 is 9.74 Å². The first-order valence-corrected chi connectivity index (χ1v) is 9.89. The molecule has 0 aliphatic carbocycles. The average molecular weight is 374 g/mol. The van der Waals surface area contributed by atoms with Gasteiger partial charge >= 0.3 is 0 Å². The van der Waals surface area contributed by atoms with Crippen LogP contribution in [0, 0.1) is 6.92 Å². The van der Waals surface area contributed by atoms with Crippen LogP contribution < -0.4 is 0 Å². The fourth-order valence-electron chi connectivity index (χ4n) is 2.78. The van der Waals surface area contributed by atoms with Crippen molar-refractivity contribution in [2.75, 3.05) is 13.1 Å². The second-order valence-corrected chi connectivity index (χ2v) is 8.44. The Morgan fingerprint density at radius 2 is 1.64 bits per heavy atom. The number of hydrogen-bond donors (Lipinski definition) is 1. The van der Waals surface area contributed by atoms with Gasteiger partial charge in [0.05, 0.1) is 11.0 Å². The number of hydrogen-bond acceptors (Lipinski definition) is 7. The summed E-state index contributed by atoms with van der Waals surface area (Å²) in [6, 6.07) is 12.6. The lowest BCUT2D eigenvalue weighted by Gasteiger charge is -2.28. The summed E-state index contributed by atoms with van der Waals surface area (Å²) < 4.78 is 7.29. The van der Waals surface area contributed by atoms with Crippen LogP contribution in [0.5, 0.6) is 0 Å². The van der Waals surface area contributed by atoms with E-state index in [4.69, 9.17) is 4.63 Å². The summed E-state index contributed by atoms with van der Waals surface area (Å²) >= 11 is 3.34. The number of aromatic nitrogens is 2. The van der Waals surface area contributed by atoms with Gasteiger partial charge in [0, 0.05) is 22.9 Å². The van der Waals surface area contributed by atoms with E-state index >= 15 is 0 Å². The summed E-state index contributed by atoms with van der Waals surface area (Å²) in [6.45, 7) is 3.83. The van der Waals surface area contributed by atoms with E-state index in [0.717, 1.165) is 46.8 Å². The Hall–Kier alpha value is -1.54. The topological polar surface area (TPSA) is 62.4 Å². The van der Waals surface area contributed by atoms with E-state index in [2.05, 4.69) is 57.9 Å². The smallest absolute Gasteiger partial charge is 0.151 e. The Morgan fingerprint density at radius 1 is 1.00 bits per heavy atom. The van der Waals surface area contributed by atoms with E-state index in [1.54, 1.807) is 23.7 Å². The van der Waals surface area contributed by atoms with Crippen LogP contribution in [0.4, 0.5) is 0 Å². The molecule has 2 aromatic carbocycles. The Balaban J connectivity index is 1.57. The monoisotopic (exact) mass is 373 g/mol. The molecule has 5 nitrogen and oxygen atoms in total. The molecule has 0 spiro atoms. The molecule has 0 bridgehead atoms. The van der Waals surface area contributed by atoms with Crippen LogP contribution in [0.3, 0.4) is 0 Å². The number of aliphatic hydroxyl groups excluding tert-OH is 1. The quantitative estimate of drug-likeness (QED) is 0.689. The lowest BCUT2D eigenvalue weighted by atomic mass is 10.1. The minimum absolute atomic E-state index is 0.168. The van der Waals surface area contributed by atoms with Gasteiger partial charge in [-0.1, -0.05) is 29.5 Å². The van der Waals surface area contributed by atoms with Gasteiger partial charge in [-0.2, -0.15) is 0 Å². The number of aliphatic hydroxyl groups is 1. The van der Waals surface area contributed by atoms with Crippen molar-refractivity contribution in [3.63, 3.8) is 0 Å². The molecule has 1 N–H and O–H groups in total. The third kappa shape index (κ3) is 3.84. The number of aryl methyl sites for hydroxylation is 1. The first kappa shape index (κ1) is 16.9. The molecule has 0 radical (unpaired) electrons. The summed E-state index contributed by atoms with van der Waals surface area (Å²) in [6.07, 6.45) is 1.46. The average Bonchev–Trinajstić information content (AvgIpc) is 3.11. The Labute approximate surface area is 154 Å². The molecule has 2 heterocycles. The van der Waals surface area contributed by atoms with Gasteiger partial charge in [-0.15, -0.1) is 0 Å². The predicted octanol–water partition coefficient (Wildman–Crippen LogP) is 4.15. The lowest BCUT2D eigenvalue weighted by Crippen LogP contribution is -2.31. The zero-order chi connectivity index (χ0) is 17.2. The normalized spacial score (nSPS) is 16.6.